The molecule has 152 valence electrons. The number of hydrogen-bond acceptors (Lipinski definition) is 4. The van der Waals surface area contributed by atoms with E-state index in [0.717, 1.165) is 16.8 Å². The number of nitrogens with one attached hydrogen (secondary N) is 2. The van der Waals surface area contributed by atoms with Gasteiger partial charge in [-0.05, 0) is 57.1 Å². The number of nitrogens with zero attached hydrogens (tertiary/aromatic N) is 2. The average Bonchev–Trinajstić information content (AvgIpc) is 2.69. The van der Waals surface area contributed by atoms with E-state index in [4.69, 9.17) is 0 Å². The highest BCUT2D eigenvalue weighted by Crippen LogP contribution is 2.29. The molecule has 7 heteroatoms. The number of likely N-dealkylation sites (N-methyl/N-ethyl adjacent to an activating group) is 1. The molecule has 0 aromatic heterocycles. The topological polar surface area (TPSA) is 81.8 Å². The molecule has 1 atom stereocenters. The summed E-state index contributed by atoms with van der Waals surface area (Å²) in [4.78, 5) is 40.7. The Hall–Kier alpha value is -3.19. The number of carbonyl (C=O) groups excluding carboxylic acids is 3. The van der Waals surface area contributed by atoms with Gasteiger partial charge in [-0.2, -0.15) is 0 Å². The summed E-state index contributed by atoms with van der Waals surface area (Å²) in [6.45, 7) is 5.71. The molecule has 0 fully saturated rings. The SMILES string of the molecule is Cc1cccc(NC(=O)CN(C)[C@@H](C)C(=O)N2CC(=O)Nc3ccccc32)c1C. The van der Waals surface area contributed by atoms with Crippen molar-refractivity contribution in [2.45, 2.75) is 26.8 Å². The van der Waals surface area contributed by atoms with Crippen molar-refractivity contribution >= 4 is 34.8 Å². The van der Waals surface area contributed by atoms with Gasteiger partial charge in [0.15, 0.2) is 0 Å². The van der Waals surface area contributed by atoms with Crippen LogP contribution in [-0.4, -0.2) is 48.8 Å². The van der Waals surface area contributed by atoms with E-state index in [2.05, 4.69) is 10.6 Å². The van der Waals surface area contributed by atoms with E-state index < -0.39 is 6.04 Å². The van der Waals surface area contributed by atoms with Crippen LogP contribution in [0.25, 0.3) is 0 Å². The molecule has 0 bridgehead atoms. The second kappa shape index (κ2) is 8.45. The molecule has 2 aromatic rings. The third-order valence-electron chi connectivity index (χ3n) is 5.33. The van der Waals surface area contributed by atoms with Gasteiger partial charge in [0, 0.05) is 5.69 Å². The van der Waals surface area contributed by atoms with E-state index in [9.17, 15) is 14.4 Å². The van der Waals surface area contributed by atoms with Crippen LogP contribution in [0.15, 0.2) is 42.5 Å². The lowest BCUT2D eigenvalue weighted by molar-refractivity contribution is -0.126. The van der Waals surface area contributed by atoms with Crippen molar-refractivity contribution in [1.82, 2.24) is 4.90 Å². The van der Waals surface area contributed by atoms with Gasteiger partial charge in [-0.25, -0.2) is 0 Å². The maximum absolute atomic E-state index is 13.1. The number of rotatable bonds is 5. The highest BCUT2D eigenvalue weighted by molar-refractivity contribution is 6.11. The third kappa shape index (κ3) is 4.46. The lowest BCUT2D eigenvalue weighted by atomic mass is 10.1. The Morgan fingerprint density at radius 3 is 2.66 bits per heavy atom. The van der Waals surface area contributed by atoms with Gasteiger partial charge in [-0.1, -0.05) is 24.3 Å². The quantitative estimate of drug-likeness (QED) is 0.817. The molecule has 1 heterocycles. The number of carbonyl (C=O) groups is 3. The van der Waals surface area contributed by atoms with E-state index in [1.165, 1.54) is 4.90 Å². The molecule has 0 saturated heterocycles. The molecule has 1 aliphatic rings. The number of anilines is 3. The number of benzene rings is 2. The zero-order valence-corrected chi connectivity index (χ0v) is 17.2. The second-order valence-corrected chi connectivity index (χ2v) is 7.38. The second-order valence-electron chi connectivity index (χ2n) is 7.38. The summed E-state index contributed by atoms with van der Waals surface area (Å²) in [6.07, 6.45) is 0. The zero-order chi connectivity index (χ0) is 21.1. The molecule has 1 aliphatic heterocycles. The number of fused-ring (bicyclic) bond motifs is 1. The van der Waals surface area contributed by atoms with E-state index >= 15 is 0 Å². The molecule has 0 unspecified atom stereocenters. The van der Waals surface area contributed by atoms with Gasteiger partial charge in [-0.15, -0.1) is 0 Å². The van der Waals surface area contributed by atoms with Crippen molar-refractivity contribution in [1.29, 1.82) is 0 Å². The van der Waals surface area contributed by atoms with Crippen LogP contribution in [0.3, 0.4) is 0 Å². The third-order valence-corrected chi connectivity index (χ3v) is 5.33. The van der Waals surface area contributed by atoms with E-state index in [-0.39, 0.29) is 30.8 Å². The Balaban J connectivity index is 1.67. The van der Waals surface area contributed by atoms with Crippen LogP contribution in [0, 0.1) is 13.8 Å². The first-order chi connectivity index (χ1) is 13.8. The van der Waals surface area contributed by atoms with Crippen molar-refractivity contribution in [3.63, 3.8) is 0 Å². The number of para-hydroxylation sites is 2. The molecule has 0 radical (unpaired) electrons. The fraction of sp³-hybridized carbons (Fsp3) is 0.318. The standard InChI is InChI=1S/C22H26N4O3/c1-14-8-7-10-17(15(14)2)23-20(27)12-25(4)16(3)22(29)26-13-21(28)24-18-9-5-6-11-19(18)26/h5-11,16H,12-13H2,1-4H3,(H,23,27)(H,24,28)/t16-/m0/s1. The Morgan fingerprint density at radius 1 is 1.17 bits per heavy atom. The van der Waals surface area contributed by atoms with Gasteiger partial charge in [0.1, 0.15) is 6.54 Å². The first-order valence-electron chi connectivity index (χ1n) is 9.54. The summed E-state index contributed by atoms with van der Waals surface area (Å²) in [5, 5.41) is 5.68. The minimum absolute atomic E-state index is 0.0390. The van der Waals surface area contributed by atoms with Crippen molar-refractivity contribution in [3.8, 4) is 0 Å². The summed E-state index contributed by atoms with van der Waals surface area (Å²) >= 11 is 0. The van der Waals surface area contributed by atoms with Gasteiger partial charge >= 0.3 is 0 Å². The molecule has 0 saturated carbocycles. The van der Waals surface area contributed by atoms with Gasteiger partial charge < -0.3 is 10.6 Å². The molecule has 0 aliphatic carbocycles. The summed E-state index contributed by atoms with van der Waals surface area (Å²) < 4.78 is 0. The molecule has 0 spiro atoms. The number of aryl methyl sites for hydroxylation is 1. The minimum Gasteiger partial charge on any atom is -0.325 e. The highest BCUT2D eigenvalue weighted by atomic mass is 16.2. The van der Waals surface area contributed by atoms with Crippen LogP contribution in [0.5, 0.6) is 0 Å². The molecule has 2 N–H and O–H groups in total. The molecule has 3 amide bonds. The monoisotopic (exact) mass is 394 g/mol. The maximum atomic E-state index is 13.1. The van der Waals surface area contributed by atoms with Crippen LogP contribution in [0.2, 0.25) is 0 Å². The first kappa shape index (κ1) is 20.5. The first-order valence-corrected chi connectivity index (χ1v) is 9.54. The summed E-state index contributed by atoms with van der Waals surface area (Å²) in [6, 6.07) is 12.4. The summed E-state index contributed by atoms with van der Waals surface area (Å²) in [7, 11) is 1.72. The lowest BCUT2D eigenvalue weighted by Gasteiger charge is -2.33. The number of amides is 3. The van der Waals surface area contributed by atoms with Crippen LogP contribution in [0.1, 0.15) is 18.1 Å². The molecule has 3 rings (SSSR count). The van der Waals surface area contributed by atoms with Crippen LogP contribution < -0.4 is 15.5 Å². The summed E-state index contributed by atoms with van der Waals surface area (Å²) in [5.74, 6) is -0.661. The van der Waals surface area contributed by atoms with Crippen molar-refractivity contribution in [3.05, 3.63) is 53.6 Å². The molecule has 29 heavy (non-hydrogen) atoms. The molecular weight excluding hydrogens is 368 g/mol. The van der Waals surface area contributed by atoms with Crippen LogP contribution in [0.4, 0.5) is 17.1 Å². The van der Waals surface area contributed by atoms with Gasteiger partial charge in [0.2, 0.25) is 17.7 Å². The largest absolute Gasteiger partial charge is 0.325 e. The van der Waals surface area contributed by atoms with Gasteiger partial charge in [-0.3, -0.25) is 24.2 Å². The maximum Gasteiger partial charge on any atom is 0.244 e. The van der Waals surface area contributed by atoms with Gasteiger partial charge in [0.25, 0.3) is 0 Å². The van der Waals surface area contributed by atoms with Crippen LogP contribution >= 0.6 is 0 Å². The average molecular weight is 394 g/mol. The summed E-state index contributed by atoms with van der Waals surface area (Å²) in [5.41, 5.74) is 4.16. The smallest absolute Gasteiger partial charge is 0.244 e. The molecule has 2 aromatic carbocycles. The van der Waals surface area contributed by atoms with E-state index in [1.54, 1.807) is 37.1 Å². The predicted molar refractivity (Wildman–Crippen MR) is 114 cm³/mol. The Kier molecular flexibility index (Phi) is 5.98. The Morgan fingerprint density at radius 2 is 1.90 bits per heavy atom. The minimum atomic E-state index is -0.571. The number of hydrogen-bond donors (Lipinski definition) is 2. The molecular formula is C22H26N4O3. The fourth-order valence-electron chi connectivity index (χ4n) is 3.28. The normalized spacial score (nSPS) is 14.2. The predicted octanol–water partition coefficient (Wildman–Crippen LogP) is 2.55. The van der Waals surface area contributed by atoms with E-state index in [0.29, 0.717) is 11.4 Å². The Labute approximate surface area is 170 Å². The van der Waals surface area contributed by atoms with Crippen molar-refractivity contribution < 1.29 is 14.4 Å². The highest BCUT2D eigenvalue weighted by Gasteiger charge is 2.31. The fourth-order valence-corrected chi connectivity index (χ4v) is 3.28. The van der Waals surface area contributed by atoms with Crippen molar-refractivity contribution in [2.24, 2.45) is 0 Å². The lowest BCUT2D eigenvalue weighted by Crippen LogP contribution is -2.51. The van der Waals surface area contributed by atoms with E-state index in [1.807, 2.05) is 38.1 Å². The van der Waals surface area contributed by atoms with Crippen LogP contribution in [-0.2, 0) is 14.4 Å². The van der Waals surface area contributed by atoms with Crippen molar-refractivity contribution in [2.75, 3.05) is 35.7 Å². The van der Waals surface area contributed by atoms with Gasteiger partial charge in [0.05, 0.1) is 24.0 Å². The Bertz CT molecular complexity index is 957. The molecule has 7 nitrogen and oxygen atoms in total. The zero-order valence-electron chi connectivity index (χ0n) is 17.2.